The zero-order chi connectivity index (χ0) is 9.68. The van der Waals surface area contributed by atoms with Crippen molar-refractivity contribution in [2.45, 2.75) is 13.5 Å². The molecule has 1 rings (SSSR count). The van der Waals surface area contributed by atoms with E-state index in [1.807, 2.05) is 0 Å². The van der Waals surface area contributed by atoms with Gasteiger partial charge in [-0.05, 0) is 28.8 Å². The molecule has 0 aliphatic carbocycles. The second kappa shape index (κ2) is 4.99. The number of hydrogen-bond donors (Lipinski definition) is 1. The van der Waals surface area contributed by atoms with Gasteiger partial charge in [-0.15, -0.1) is 0 Å². The lowest BCUT2D eigenvalue weighted by Crippen LogP contribution is -2.23. The summed E-state index contributed by atoms with van der Waals surface area (Å²) in [6.45, 7) is 3.06. The summed E-state index contributed by atoms with van der Waals surface area (Å²) >= 11 is 1.67. The number of methoxy groups -OCH3 is 1. The standard InChI is InChI=1S/C9H13NO2S/c1-7-5-13-6-8(7)3-10-4-9(11)12-2/h5-6,10H,3-4H2,1-2H3. The molecule has 0 atom stereocenters. The molecule has 1 aromatic heterocycles. The van der Waals surface area contributed by atoms with Gasteiger partial charge in [0.05, 0.1) is 13.7 Å². The van der Waals surface area contributed by atoms with Gasteiger partial charge in [0, 0.05) is 6.54 Å². The SMILES string of the molecule is COC(=O)CNCc1cscc1C. The van der Waals surface area contributed by atoms with Crippen LogP contribution in [0.4, 0.5) is 0 Å². The topological polar surface area (TPSA) is 38.3 Å². The number of aryl methyl sites for hydroxylation is 1. The quantitative estimate of drug-likeness (QED) is 0.743. The summed E-state index contributed by atoms with van der Waals surface area (Å²) in [5, 5.41) is 7.19. The van der Waals surface area contributed by atoms with Crippen LogP contribution in [0, 0.1) is 6.92 Å². The fourth-order valence-corrected chi connectivity index (χ4v) is 1.80. The van der Waals surface area contributed by atoms with Gasteiger partial charge in [0.2, 0.25) is 0 Å². The fourth-order valence-electron chi connectivity index (χ4n) is 0.939. The Kier molecular flexibility index (Phi) is 3.92. The Morgan fingerprint density at radius 2 is 2.38 bits per heavy atom. The molecule has 0 amide bonds. The minimum Gasteiger partial charge on any atom is -0.468 e. The third kappa shape index (κ3) is 3.16. The molecule has 1 N–H and O–H groups in total. The van der Waals surface area contributed by atoms with Crippen LogP contribution in [0.5, 0.6) is 0 Å². The minimum absolute atomic E-state index is 0.229. The van der Waals surface area contributed by atoms with E-state index in [1.165, 1.54) is 18.2 Å². The molecule has 0 bridgehead atoms. The predicted octanol–water partition coefficient (Wildman–Crippen LogP) is 1.32. The summed E-state index contributed by atoms with van der Waals surface area (Å²) in [7, 11) is 1.39. The highest BCUT2D eigenvalue weighted by molar-refractivity contribution is 7.08. The fraction of sp³-hybridized carbons (Fsp3) is 0.444. The first kappa shape index (κ1) is 10.2. The Morgan fingerprint density at radius 3 is 2.92 bits per heavy atom. The van der Waals surface area contributed by atoms with Crippen LogP contribution in [0.15, 0.2) is 10.8 Å². The van der Waals surface area contributed by atoms with E-state index in [-0.39, 0.29) is 12.5 Å². The Labute approximate surface area is 81.7 Å². The summed E-state index contributed by atoms with van der Waals surface area (Å²) < 4.78 is 4.50. The van der Waals surface area contributed by atoms with E-state index in [1.54, 1.807) is 11.3 Å². The number of nitrogens with one attached hydrogen (secondary N) is 1. The van der Waals surface area contributed by atoms with Crippen LogP contribution >= 0.6 is 11.3 Å². The van der Waals surface area contributed by atoms with Gasteiger partial charge in [-0.2, -0.15) is 11.3 Å². The van der Waals surface area contributed by atoms with Gasteiger partial charge in [-0.25, -0.2) is 0 Å². The number of carbonyl (C=O) groups is 1. The van der Waals surface area contributed by atoms with E-state index in [0.29, 0.717) is 0 Å². The van der Waals surface area contributed by atoms with Gasteiger partial charge < -0.3 is 10.1 Å². The number of thiophene rings is 1. The molecule has 0 radical (unpaired) electrons. The van der Waals surface area contributed by atoms with Crippen LogP contribution in [0.1, 0.15) is 11.1 Å². The molecular formula is C9H13NO2S. The average Bonchev–Trinajstić information content (AvgIpc) is 2.52. The molecule has 0 saturated carbocycles. The highest BCUT2D eigenvalue weighted by Gasteiger charge is 2.01. The molecule has 0 unspecified atom stereocenters. The Balaban J connectivity index is 2.28. The first-order chi connectivity index (χ1) is 6.24. The van der Waals surface area contributed by atoms with E-state index < -0.39 is 0 Å². The van der Waals surface area contributed by atoms with Gasteiger partial charge in [0.25, 0.3) is 0 Å². The molecule has 72 valence electrons. The van der Waals surface area contributed by atoms with Crippen molar-refractivity contribution in [1.82, 2.24) is 5.32 Å². The third-order valence-electron chi connectivity index (χ3n) is 1.77. The molecule has 0 spiro atoms. The van der Waals surface area contributed by atoms with Crippen molar-refractivity contribution < 1.29 is 9.53 Å². The summed E-state index contributed by atoms with van der Waals surface area (Å²) in [6.07, 6.45) is 0. The van der Waals surface area contributed by atoms with E-state index in [2.05, 4.69) is 27.7 Å². The first-order valence-electron chi connectivity index (χ1n) is 4.03. The molecule has 4 heteroatoms. The van der Waals surface area contributed by atoms with Crippen molar-refractivity contribution in [1.29, 1.82) is 0 Å². The Morgan fingerprint density at radius 1 is 1.62 bits per heavy atom. The van der Waals surface area contributed by atoms with Crippen LogP contribution in [0.3, 0.4) is 0 Å². The summed E-state index contributed by atoms with van der Waals surface area (Å²) in [5.41, 5.74) is 2.51. The molecule has 1 heterocycles. The zero-order valence-electron chi connectivity index (χ0n) is 7.79. The minimum atomic E-state index is -0.229. The molecule has 1 aromatic rings. The second-order valence-corrected chi connectivity index (χ2v) is 3.50. The summed E-state index contributed by atoms with van der Waals surface area (Å²) in [5.74, 6) is -0.229. The number of rotatable bonds is 4. The molecule has 0 fully saturated rings. The highest BCUT2D eigenvalue weighted by Crippen LogP contribution is 2.12. The number of carbonyl (C=O) groups excluding carboxylic acids is 1. The molecule has 0 aliphatic heterocycles. The molecule has 0 saturated heterocycles. The van der Waals surface area contributed by atoms with Crippen molar-refractivity contribution in [2.24, 2.45) is 0 Å². The van der Waals surface area contributed by atoms with Crippen LogP contribution in [-0.2, 0) is 16.1 Å². The lowest BCUT2D eigenvalue weighted by molar-refractivity contribution is -0.139. The van der Waals surface area contributed by atoms with E-state index in [9.17, 15) is 4.79 Å². The van der Waals surface area contributed by atoms with Crippen molar-refractivity contribution in [3.63, 3.8) is 0 Å². The summed E-state index contributed by atoms with van der Waals surface area (Å²) in [4.78, 5) is 10.7. The monoisotopic (exact) mass is 199 g/mol. The Hall–Kier alpha value is -0.870. The molecule has 0 aromatic carbocycles. The first-order valence-corrected chi connectivity index (χ1v) is 4.97. The maximum atomic E-state index is 10.7. The molecule has 0 aliphatic rings. The maximum absolute atomic E-state index is 10.7. The zero-order valence-corrected chi connectivity index (χ0v) is 8.61. The van der Waals surface area contributed by atoms with Gasteiger partial charge in [0.15, 0.2) is 0 Å². The molecular weight excluding hydrogens is 186 g/mol. The van der Waals surface area contributed by atoms with Crippen molar-refractivity contribution in [2.75, 3.05) is 13.7 Å². The smallest absolute Gasteiger partial charge is 0.319 e. The second-order valence-electron chi connectivity index (χ2n) is 2.76. The van der Waals surface area contributed by atoms with E-state index in [0.717, 1.165) is 6.54 Å². The van der Waals surface area contributed by atoms with Crippen molar-refractivity contribution >= 4 is 17.3 Å². The lowest BCUT2D eigenvalue weighted by Gasteiger charge is -2.02. The van der Waals surface area contributed by atoms with E-state index >= 15 is 0 Å². The van der Waals surface area contributed by atoms with Crippen molar-refractivity contribution in [3.05, 3.63) is 21.9 Å². The van der Waals surface area contributed by atoms with Gasteiger partial charge in [-0.1, -0.05) is 0 Å². The highest BCUT2D eigenvalue weighted by atomic mass is 32.1. The molecule has 13 heavy (non-hydrogen) atoms. The van der Waals surface area contributed by atoms with Gasteiger partial charge >= 0.3 is 5.97 Å². The van der Waals surface area contributed by atoms with Gasteiger partial charge in [0.1, 0.15) is 0 Å². The normalized spacial score (nSPS) is 10.0. The number of hydrogen-bond acceptors (Lipinski definition) is 4. The molecule has 3 nitrogen and oxygen atoms in total. The van der Waals surface area contributed by atoms with Crippen LogP contribution in [0.25, 0.3) is 0 Å². The third-order valence-corrected chi connectivity index (χ3v) is 2.68. The van der Waals surface area contributed by atoms with Crippen LogP contribution in [-0.4, -0.2) is 19.6 Å². The predicted molar refractivity (Wildman–Crippen MR) is 52.8 cm³/mol. The van der Waals surface area contributed by atoms with Crippen molar-refractivity contribution in [3.8, 4) is 0 Å². The summed E-state index contributed by atoms with van der Waals surface area (Å²) in [6, 6.07) is 0. The van der Waals surface area contributed by atoms with Crippen LogP contribution in [0.2, 0.25) is 0 Å². The lowest BCUT2D eigenvalue weighted by atomic mass is 10.2. The largest absolute Gasteiger partial charge is 0.468 e. The van der Waals surface area contributed by atoms with Gasteiger partial charge in [-0.3, -0.25) is 4.79 Å². The van der Waals surface area contributed by atoms with E-state index in [4.69, 9.17) is 0 Å². The number of esters is 1. The van der Waals surface area contributed by atoms with Crippen LogP contribution < -0.4 is 5.32 Å². The maximum Gasteiger partial charge on any atom is 0.319 e. The Bertz CT molecular complexity index is 283. The average molecular weight is 199 g/mol. The number of ether oxygens (including phenoxy) is 1.